The predicted octanol–water partition coefficient (Wildman–Crippen LogP) is 3.49. The lowest BCUT2D eigenvalue weighted by molar-refractivity contribution is 0.0956. The van der Waals surface area contributed by atoms with Crippen LogP contribution in [0.3, 0.4) is 0 Å². The molecule has 6 nitrogen and oxygen atoms in total. The number of benzene rings is 2. The zero-order valence-corrected chi connectivity index (χ0v) is 15.9. The van der Waals surface area contributed by atoms with Crippen LogP contribution in [-0.4, -0.2) is 27.4 Å². The van der Waals surface area contributed by atoms with Crippen LogP contribution in [0, 0.1) is 24.4 Å². The van der Waals surface area contributed by atoms with E-state index < -0.39 is 44.0 Å². The third kappa shape index (κ3) is 3.33. The third-order valence-electron chi connectivity index (χ3n) is 4.75. The van der Waals surface area contributed by atoms with Crippen molar-refractivity contribution < 1.29 is 30.8 Å². The van der Waals surface area contributed by atoms with Gasteiger partial charge in [-0.25, -0.2) is 26.3 Å². The van der Waals surface area contributed by atoms with Crippen molar-refractivity contribution >= 4 is 32.6 Å². The van der Waals surface area contributed by atoms with E-state index in [1.807, 2.05) is 4.90 Å². The molecule has 2 aromatic carbocycles. The highest BCUT2D eigenvalue weighted by atomic mass is 32.2. The Bertz CT molecular complexity index is 1250. The van der Waals surface area contributed by atoms with Gasteiger partial charge < -0.3 is 9.32 Å². The van der Waals surface area contributed by atoms with Gasteiger partial charge in [-0.1, -0.05) is 6.07 Å². The van der Waals surface area contributed by atoms with Crippen LogP contribution >= 0.6 is 0 Å². The lowest BCUT2D eigenvalue weighted by Crippen LogP contribution is -2.36. The number of nitrogens with one attached hydrogen (secondary N) is 1. The van der Waals surface area contributed by atoms with E-state index in [0.29, 0.717) is 5.69 Å². The van der Waals surface area contributed by atoms with E-state index >= 15 is 0 Å². The smallest absolute Gasteiger partial charge is 0.300 e. The highest BCUT2D eigenvalue weighted by molar-refractivity contribution is 7.90. The molecule has 2 heterocycles. The summed E-state index contributed by atoms with van der Waals surface area (Å²) in [4.78, 5) is 13.0. The first-order chi connectivity index (χ1) is 13.7. The van der Waals surface area contributed by atoms with Crippen molar-refractivity contribution in [3.63, 3.8) is 0 Å². The fraction of sp³-hybridized carbons (Fsp3) is 0.211. The summed E-state index contributed by atoms with van der Waals surface area (Å²) in [6, 6.07) is 5.74. The molecule has 4 rings (SSSR count). The molecule has 0 unspecified atom stereocenters. The zero-order valence-electron chi connectivity index (χ0n) is 15.1. The zero-order chi connectivity index (χ0) is 20.9. The molecule has 0 saturated carbocycles. The average Bonchev–Trinajstić information content (AvgIpc) is 3.01. The second-order valence-corrected chi connectivity index (χ2v) is 8.35. The molecule has 0 bridgehead atoms. The van der Waals surface area contributed by atoms with Crippen LogP contribution in [0.25, 0.3) is 11.0 Å². The number of sulfonamides is 1. The lowest BCUT2D eigenvalue weighted by Gasteiger charge is -2.33. The van der Waals surface area contributed by atoms with E-state index in [4.69, 9.17) is 4.42 Å². The molecule has 10 heteroatoms. The minimum Gasteiger partial charge on any atom is -0.451 e. The quantitative estimate of drug-likeness (QED) is 0.694. The van der Waals surface area contributed by atoms with Gasteiger partial charge >= 0.3 is 5.91 Å². The number of nitrogens with zero attached hydrogens (tertiary/aromatic N) is 1. The topological polar surface area (TPSA) is 79.6 Å². The Balaban J connectivity index is 1.67. The average molecular weight is 424 g/mol. The van der Waals surface area contributed by atoms with Crippen molar-refractivity contribution in [3.05, 3.63) is 59.1 Å². The van der Waals surface area contributed by atoms with Crippen molar-refractivity contribution in [2.75, 3.05) is 18.0 Å². The Hall–Kier alpha value is -3.01. The molecule has 3 aromatic rings. The van der Waals surface area contributed by atoms with Gasteiger partial charge in [0.05, 0.1) is 5.39 Å². The van der Waals surface area contributed by atoms with E-state index in [1.165, 1.54) is 13.0 Å². The molecule has 1 amide bonds. The molecule has 0 atom stereocenters. The van der Waals surface area contributed by atoms with Crippen LogP contribution in [0.5, 0.6) is 0 Å². The predicted molar refractivity (Wildman–Crippen MR) is 98.7 cm³/mol. The summed E-state index contributed by atoms with van der Waals surface area (Å²) < 4.78 is 74.0. The second-order valence-electron chi connectivity index (χ2n) is 6.73. The van der Waals surface area contributed by atoms with Crippen molar-refractivity contribution in [1.29, 1.82) is 0 Å². The number of carbonyl (C=O) groups is 1. The number of hydrogen-bond acceptors (Lipinski definition) is 5. The number of fused-ring (bicyclic) bond motifs is 1. The number of aryl methyl sites for hydroxylation is 1. The maximum absolute atomic E-state index is 14.4. The summed E-state index contributed by atoms with van der Waals surface area (Å²) in [6.45, 7) is 2.79. The van der Waals surface area contributed by atoms with Gasteiger partial charge in [0.2, 0.25) is 0 Å². The first-order valence-corrected chi connectivity index (χ1v) is 10.2. The van der Waals surface area contributed by atoms with Crippen LogP contribution in [0.15, 0.2) is 39.6 Å². The molecule has 0 radical (unpaired) electrons. The Kier molecular flexibility index (Phi) is 4.53. The standard InChI is InChI=1S/C19H15F3N2O4S/c1-10-3-4-13(20)18(17(10)22)29(26,27)23-19(25)16-9-12-14(21)7-11(8-15(12)28-16)24-5-2-6-24/h3-4,7-9H,2,5-6H2,1H3,(H,23,25). The van der Waals surface area contributed by atoms with Crippen LogP contribution < -0.4 is 9.62 Å². The highest BCUT2D eigenvalue weighted by Gasteiger charge is 2.29. The molecule has 0 aliphatic carbocycles. The van der Waals surface area contributed by atoms with Gasteiger partial charge in [-0.15, -0.1) is 0 Å². The fourth-order valence-electron chi connectivity index (χ4n) is 3.05. The van der Waals surface area contributed by atoms with Crippen LogP contribution in [-0.2, 0) is 10.0 Å². The van der Waals surface area contributed by atoms with Gasteiger partial charge in [0.1, 0.15) is 23.0 Å². The number of halogens is 3. The van der Waals surface area contributed by atoms with E-state index in [1.54, 1.807) is 10.8 Å². The van der Waals surface area contributed by atoms with Crippen LogP contribution in [0.4, 0.5) is 18.9 Å². The van der Waals surface area contributed by atoms with Gasteiger partial charge in [-0.3, -0.25) is 4.79 Å². The first kappa shape index (κ1) is 19.3. The molecular formula is C19H15F3N2O4S. The minimum atomic E-state index is -4.87. The maximum Gasteiger partial charge on any atom is 0.300 e. The molecule has 1 aromatic heterocycles. The van der Waals surface area contributed by atoms with Gasteiger partial charge in [-0.2, -0.15) is 0 Å². The SMILES string of the molecule is Cc1ccc(F)c(S(=O)(=O)NC(=O)c2cc3c(F)cc(N4CCC4)cc3o2)c1F. The summed E-state index contributed by atoms with van der Waals surface area (Å²) in [5, 5.41) is -0.00950. The summed E-state index contributed by atoms with van der Waals surface area (Å²) in [5.41, 5.74) is 0.532. The molecule has 1 N–H and O–H groups in total. The monoisotopic (exact) mass is 424 g/mol. The van der Waals surface area contributed by atoms with Crippen LogP contribution in [0.1, 0.15) is 22.5 Å². The van der Waals surface area contributed by atoms with E-state index in [2.05, 4.69) is 0 Å². The molecule has 0 spiro atoms. The second kappa shape index (κ2) is 6.80. The molecule has 1 aliphatic rings. The van der Waals surface area contributed by atoms with Crippen molar-refractivity contribution in [1.82, 2.24) is 4.72 Å². The van der Waals surface area contributed by atoms with E-state index in [-0.39, 0.29) is 16.5 Å². The fourth-order valence-corrected chi connectivity index (χ4v) is 4.22. The number of amides is 1. The number of furan rings is 1. The Morgan fingerprint density at radius 1 is 1.10 bits per heavy atom. The highest BCUT2D eigenvalue weighted by Crippen LogP contribution is 2.30. The molecule has 1 aliphatic heterocycles. The van der Waals surface area contributed by atoms with Crippen molar-refractivity contribution in [3.8, 4) is 0 Å². The van der Waals surface area contributed by atoms with Gasteiger partial charge in [-0.05, 0) is 31.0 Å². The molecule has 29 heavy (non-hydrogen) atoms. The summed E-state index contributed by atoms with van der Waals surface area (Å²) >= 11 is 0. The number of hydrogen-bond donors (Lipinski definition) is 1. The normalized spacial score (nSPS) is 14.1. The first-order valence-electron chi connectivity index (χ1n) is 8.67. The largest absolute Gasteiger partial charge is 0.451 e. The maximum atomic E-state index is 14.4. The molecule has 1 saturated heterocycles. The van der Waals surface area contributed by atoms with E-state index in [9.17, 15) is 26.4 Å². The molecule has 1 fully saturated rings. The summed E-state index contributed by atoms with van der Waals surface area (Å²) in [6.07, 6.45) is 0.982. The van der Waals surface area contributed by atoms with Crippen molar-refractivity contribution in [2.45, 2.75) is 18.2 Å². The molecular weight excluding hydrogens is 409 g/mol. The number of carbonyl (C=O) groups excluding carboxylic acids is 1. The Labute approximate surface area is 164 Å². The van der Waals surface area contributed by atoms with Crippen molar-refractivity contribution in [2.24, 2.45) is 0 Å². The minimum absolute atomic E-state index is 0.00950. The van der Waals surface area contributed by atoms with Crippen LogP contribution in [0.2, 0.25) is 0 Å². The van der Waals surface area contributed by atoms with Gasteiger partial charge in [0.25, 0.3) is 10.0 Å². The lowest BCUT2D eigenvalue weighted by atomic mass is 10.1. The summed E-state index contributed by atoms with van der Waals surface area (Å²) in [5.74, 6) is -5.06. The Morgan fingerprint density at radius 2 is 1.83 bits per heavy atom. The third-order valence-corrected chi connectivity index (χ3v) is 6.12. The molecule has 152 valence electrons. The number of rotatable bonds is 4. The Morgan fingerprint density at radius 3 is 2.48 bits per heavy atom. The van der Waals surface area contributed by atoms with Gasteiger partial charge in [0, 0.05) is 30.9 Å². The van der Waals surface area contributed by atoms with E-state index in [0.717, 1.165) is 37.7 Å². The number of anilines is 1. The summed E-state index contributed by atoms with van der Waals surface area (Å²) in [7, 11) is -4.87. The van der Waals surface area contributed by atoms with Gasteiger partial charge in [0.15, 0.2) is 10.7 Å².